The Kier molecular flexibility index (Phi) is 5.41. The van der Waals surface area contributed by atoms with Gasteiger partial charge in [-0.15, -0.1) is 23.1 Å². The van der Waals surface area contributed by atoms with Crippen LogP contribution < -0.4 is 5.32 Å². The number of ether oxygens (including phenoxy) is 1. The van der Waals surface area contributed by atoms with E-state index in [4.69, 9.17) is 4.74 Å². The summed E-state index contributed by atoms with van der Waals surface area (Å²) < 4.78 is 5.96. The zero-order valence-electron chi connectivity index (χ0n) is 13.9. The molecule has 0 radical (unpaired) electrons. The number of fused-ring (bicyclic) bond motifs is 1. The number of aromatic nitrogens is 1. The second-order valence-corrected chi connectivity index (χ2v) is 7.99. The number of rotatable bonds is 5. The Morgan fingerprint density at radius 3 is 2.80 bits per heavy atom. The van der Waals surface area contributed by atoms with Gasteiger partial charge in [-0.05, 0) is 43.9 Å². The number of nitrogens with one attached hydrogen (secondary N) is 1. The predicted octanol–water partition coefficient (Wildman–Crippen LogP) is 4.82. The first-order valence-corrected chi connectivity index (χ1v) is 10.4. The van der Waals surface area contributed by atoms with Crippen molar-refractivity contribution in [1.29, 1.82) is 0 Å². The van der Waals surface area contributed by atoms with Crippen LogP contribution in [0.5, 0.6) is 0 Å². The van der Waals surface area contributed by atoms with E-state index in [-0.39, 0.29) is 11.9 Å². The van der Waals surface area contributed by atoms with Crippen molar-refractivity contribution in [3.8, 4) is 0 Å². The standard InChI is InChI=1S/C17H16N2O3S3/c1-4-22-16(21)13-9(2)12-15(24-13)19-17(25-12)18-14(20)10-6-5-7-11(8-10)23-3/h5-8H,4H2,1-3H3,(H,18,19,20). The number of thiophene rings is 1. The number of anilines is 1. The fourth-order valence-electron chi connectivity index (χ4n) is 2.27. The lowest BCUT2D eigenvalue weighted by Crippen LogP contribution is -2.11. The van der Waals surface area contributed by atoms with Gasteiger partial charge in [-0.3, -0.25) is 10.1 Å². The second kappa shape index (κ2) is 7.55. The van der Waals surface area contributed by atoms with Crippen LogP contribution in [0.2, 0.25) is 0 Å². The highest BCUT2D eigenvalue weighted by Gasteiger charge is 2.20. The molecule has 8 heteroatoms. The molecule has 1 aromatic carbocycles. The lowest BCUT2D eigenvalue weighted by molar-refractivity contribution is 0.0531. The van der Waals surface area contributed by atoms with Crippen molar-refractivity contribution in [2.45, 2.75) is 18.7 Å². The third kappa shape index (κ3) is 3.70. The lowest BCUT2D eigenvalue weighted by atomic mass is 10.2. The van der Waals surface area contributed by atoms with E-state index >= 15 is 0 Å². The molecule has 25 heavy (non-hydrogen) atoms. The van der Waals surface area contributed by atoms with Crippen LogP contribution in [0.15, 0.2) is 29.2 Å². The van der Waals surface area contributed by atoms with E-state index in [9.17, 15) is 9.59 Å². The summed E-state index contributed by atoms with van der Waals surface area (Å²) in [6, 6.07) is 7.44. The van der Waals surface area contributed by atoms with Gasteiger partial charge in [-0.25, -0.2) is 9.78 Å². The summed E-state index contributed by atoms with van der Waals surface area (Å²) in [4.78, 5) is 31.1. The van der Waals surface area contributed by atoms with Crippen LogP contribution in [0.1, 0.15) is 32.5 Å². The average Bonchev–Trinajstić information content (AvgIpc) is 3.14. The zero-order valence-corrected chi connectivity index (χ0v) is 16.4. The minimum Gasteiger partial charge on any atom is -0.462 e. The summed E-state index contributed by atoms with van der Waals surface area (Å²) in [6.45, 7) is 3.99. The van der Waals surface area contributed by atoms with Gasteiger partial charge in [0.25, 0.3) is 5.91 Å². The highest BCUT2D eigenvalue weighted by molar-refractivity contribution is 7.98. The summed E-state index contributed by atoms with van der Waals surface area (Å²) >= 11 is 4.25. The quantitative estimate of drug-likeness (QED) is 0.498. The Bertz CT molecular complexity index is 946. The smallest absolute Gasteiger partial charge is 0.348 e. The molecule has 3 rings (SSSR count). The molecule has 0 fully saturated rings. The first-order chi connectivity index (χ1) is 12.0. The van der Waals surface area contributed by atoms with Gasteiger partial charge in [-0.2, -0.15) is 0 Å². The molecule has 0 aliphatic heterocycles. The first kappa shape index (κ1) is 17.9. The van der Waals surface area contributed by atoms with Crippen LogP contribution in [0.3, 0.4) is 0 Å². The van der Waals surface area contributed by atoms with Crippen LogP contribution in [0, 0.1) is 6.92 Å². The number of carbonyl (C=O) groups is 2. The van der Waals surface area contributed by atoms with Crippen molar-refractivity contribution in [1.82, 2.24) is 4.98 Å². The molecular formula is C17H16N2O3S3. The molecule has 1 amide bonds. The Hall–Kier alpha value is -1.90. The molecule has 5 nitrogen and oxygen atoms in total. The Balaban J connectivity index is 1.82. The third-order valence-electron chi connectivity index (χ3n) is 3.49. The van der Waals surface area contributed by atoms with E-state index in [1.807, 2.05) is 31.4 Å². The highest BCUT2D eigenvalue weighted by atomic mass is 32.2. The maximum absolute atomic E-state index is 12.4. The van der Waals surface area contributed by atoms with Gasteiger partial charge in [0, 0.05) is 10.5 Å². The molecule has 2 aromatic heterocycles. The van der Waals surface area contributed by atoms with Gasteiger partial charge < -0.3 is 4.74 Å². The molecule has 1 N–H and O–H groups in total. The summed E-state index contributed by atoms with van der Waals surface area (Å²) in [5, 5.41) is 3.36. The molecule has 0 saturated heterocycles. The SMILES string of the molecule is CCOC(=O)c1sc2nc(NC(=O)c3cccc(SC)c3)sc2c1C. The zero-order chi connectivity index (χ0) is 18.0. The van der Waals surface area contributed by atoms with Gasteiger partial charge in [0.1, 0.15) is 9.71 Å². The van der Waals surface area contributed by atoms with Crippen LogP contribution in [0.25, 0.3) is 9.53 Å². The van der Waals surface area contributed by atoms with Gasteiger partial charge in [-0.1, -0.05) is 17.4 Å². The fourth-order valence-corrected chi connectivity index (χ4v) is 4.93. The Labute approximate surface area is 157 Å². The van der Waals surface area contributed by atoms with Gasteiger partial charge in [0.05, 0.1) is 11.3 Å². The highest BCUT2D eigenvalue weighted by Crippen LogP contribution is 2.37. The number of benzene rings is 1. The van der Waals surface area contributed by atoms with Crippen LogP contribution in [0.4, 0.5) is 5.13 Å². The van der Waals surface area contributed by atoms with Crippen LogP contribution in [-0.4, -0.2) is 29.7 Å². The lowest BCUT2D eigenvalue weighted by Gasteiger charge is -2.03. The van der Waals surface area contributed by atoms with Gasteiger partial charge in [0.2, 0.25) is 0 Å². The number of esters is 1. The summed E-state index contributed by atoms with van der Waals surface area (Å²) in [5.74, 6) is -0.518. The Morgan fingerprint density at radius 2 is 2.12 bits per heavy atom. The molecule has 2 heterocycles. The van der Waals surface area contributed by atoms with E-state index in [0.717, 1.165) is 20.0 Å². The molecule has 0 unspecified atom stereocenters. The van der Waals surface area contributed by atoms with E-state index in [2.05, 4.69) is 10.3 Å². The van der Waals surface area contributed by atoms with E-state index in [0.29, 0.717) is 22.2 Å². The van der Waals surface area contributed by atoms with Crippen molar-refractivity contribution >= 4 is 61.0 Å². The maximum atomic E-state index is 12.4. The van der Waals surface area contributed by atoms with Crippen molar-refractivity contribution in [3.05, 3.63) is 40.3 Å². The molecule has 0 aliphatic carbocycles. The number of thiazole rings is 1. The number of thioether (sulfide) groups is 1. The summed E-state index contributed by atoms with van der Waals surface area (Å²) in [6.07, 6.45) is 1.97. The number of hydrogen-bond donors (Lipinski definition) is 1. The fraction of sp³-hybridized carbons (Fsp3) is 0.235. The minimum atomic E-state index is -0.324. The maximum Gasteiger partial charge on any atom is 0.348 e. The first-order valence-electron chi connectivity index (χ1n) is 7.56. The molecule has 3 aromatic rings. The Morgan fingerprint density at radius 1 is 1.32 bits per heavy atom. The minimum absolute atomic E-state index is 0.194. The van der Waals surface area contributed by atoms with E-state index < -0.39 is 0 Å². The summed E-state index contributed by atoms with van der Waals surface area (Å²) in [5.41, 5.74) is 1.44. The predicted molar refractivity (Wildman–Crippen MR) is 104 cm³/mol. The van der Waals surface area contributed by atoms with Crippen molar-refractivity contribution in [3.63, 3.8) is 0 Å². The van der Waals surface area contributed by atoms with Crippen molar-refractivity contribution in [2.75, 3.05) is 18.2 Å². The molecule has 0 atom stereocenters. The molecule has 0 spiro atoms. The topological polar surface area (TPSA) is 68.3 Å². The normalized spacial score (nSPS) is 10.8. The number of hydrogen-bond acceptors (Lipinski definition) is 7. The van der Waals surface area contributed by atoms with Crippen LogP contribution in [-0.2, 0) is 4.74 Å². The largest absolute Gasteiger partial charge is 0.462 e. The summed E-state index contributed by atoms with van der Waals surface area (Å²) in [7, 11) is 0. The molecule has 0 saturated carbocycles. The van der Waals surface area contributed by atoms with Crippen LogP contribution >= 0.6 is 34.4 Å². The number of aryl methyl sites for hydroxylation is 1. The van der Waals surface area contributed by atoms with E-state index in [1.54, 1.807) is 24.8 Å². The number of nitrogens with zero attached hydrogens (tertiary/aromatic N) is 1. The molecular weight excluding hydrogens is 376 g/mol. The average molecular weight is 393 g/mol. The number of carbonyl (C=O) groups excluding carboxylic acids is 2. The monoisotopic (exact) mass is 392 g/mol. The molecule has 0 aliphatic rings. The molecule has 0 bridgehead atoms. The molecule has 130 valence electrons. The van der Waals surface area contributed by atoms with Gasteiger partial charge in [0.15, 0.2) is 5.13 Å². The van der Waals surface area contributed by atoms with Crippen molar-refractivity contribution < 1.29 is 14.3 Å². The third-order valence-corrected chi connectivity index (χ3v) is 6.60. The van der Waals surface area contributed by atoms with Crippen molar-refractivity contribution in [2.24, 2.45) is 0 Å². The van der Waals surface area contributed by atoms with Gasteiger partial charge >= 0.3 is 5.97 Å². The van der Waals surface area contributed by atoms with E-state index in [1.165, 1.54) is 22.7 Å². The second-order valence-electron chi connectivity index (χ2n) is 5.12. The number of amides is 1.